The normalized spacial score (nSPS) is 24.6. The van der Waals surface area contributed by atoms with Crippen LogP contribution in [-0.4, -0.2) is 96.1 Å². The summed E-state index contributed by atoms with van der Waals surface area (Å²) < 4.78 is 0. The van der Waals surface area contributed by atoms with Gasteiger partial charge in [-0.15, -0.1) is 10.2 Å². The van der Waals surface area contributed by atoms with Crippen molar-refractivity contribution in [2.75, 3.05) is 69.1 Å². The number of hydrogen-bond donors (Lipinski definition) is 3. The Morgan fingerprint density at radius 3 is 2.60 bits per heavy atom. The molecule has 4 aliphatic rings. The second-order valence-electron chi connectivity index (χ2n) is 10.8. The predicted octanol–water partition coefficient (Wildman–Crippen LogP) is 2.62. The molecule has 1 aromatic heterocycles. The summed E-state index contributed by atoms with van der Waals surface area (Å²) >= 11 is 0. The maximum Gasteiger partial charge on any atom is 0.172 e. The van der Waals surface area contributed by atoms with E-state index in [0.29, 0.717) is 12.1 Å². The molecule has 3 saturated heterocycles. The fourth-order valence-corrected chi connectivity index (χ4v) is 6.51. The fraction of sp³-hybridized carbons (Fsp3) is 0.630. The molecule has 2 aromatic rings. The first-order chi connectivity index (χ1) is 17.2. The highest BCUT2D eigenvalue weighted by atomic mass is 16.3. The van der Waals surface area contributed by atoms with Crippen LogP contribution in [0.15, 0.2) is 30.3 Å². The summed E-state index contributed by atoms with van der Waals surface area (Å²) in [5.41, 5.74) is 2.57. The number of hydrogen-bond acceptors (Lipinski definition) is 8. The van der Waals surface area contributed by atoms with Gasteiger partial charge in [-0.3, -0.25) is 4.90 Å². The monoisotopic (exact) mass is 477 g/mol. The SMILES string of the molecule is Oc1ccccc1-c1cc2c(nn1)NC[C@H]1CN(C3CCN(CCC4CCNCC4)CC3)CCN21. The van der Waals surface area contributed by atoms with E-state index in [1.54, 1.807) is 6.07 Å². The molecule has 0 radical (unpaired) electrons. The zero-order chi connectivity index (χ0) is 23.6. The van der Waals surface area contributed by atoms with E-state index in [0.717, 1.165) is 54.9 Å². The minimum atomic E-state index is 0.244. The average molecular weight is 478 g/mol. The Balaban J connectivity index is 1.05. The number of piperidine rings is 2. The van der Waals surface area contributed by atoms with Crippen molar-refractivity contribution in [3.63, 3.8) is 0 Å². The van der Waals surface area contributed by atoms with Gasteiger partial charge in [-0.25, -0.2) is 0 Å². The van der Waals surface area contributed by atoms with E-state index in [1.807, 2.05) is 18.2 Å². The number of likely N-dealkylation sites (tertiary alicyclic amines) is 1. The van der Waals surface area contributed by atoms with Crippen LogP contribution in [0.5, 0.6) is 5.75 Å². The van der Waals surface area contributed by atoms with Crippen LogP contribution in [0.25, 0.3) is 11.3 Å². The van der Waals surface area contributed by atoms with Crippen LogP contribution in [0.2, 0.25) is 0 Å². The van der Waals surface area contributed by atoms with Crippen LogP contribution >= 0.6 is 0 Å². The van der Waals surface area contributed by atoms with Crippen molar-refractivity contribution >= 4 is 11.5 Å². The molecule has 0 saturated carbocycles. The van der Waals surface area contributed by atoms with Gasteiger partial charge in [-0.2, -0.15) is 0 Å². The molecule has 0 aliphatic carbocycles. The van der Waals surface area contributed by atoms with Crippen molar-refractivity contribution in [3.05, 3.63) is 30.3 Å². The Hall–Kier alpha value is -2.42. The molecule has 0 unspecified atom stereocenters. The largest absolute Gasteiger partial charge is 0.507 e. The summed E-state index contributed by atoms with van der Waals surface area (Å²) in [6.07, 6.45) is 6.69. The maximum atomic E-state index is 10.3. The third kappa shape index (κ3) is 4.97. The lowest BCUT2D eigenvalue weighted by Gasteiger charge is -2.49. The topological polar surface area (TPSA) is 79.8 Å². The van der Waals surface area contributed by atoms with Gasteiger partial charge in [0.15, 0.2) is 5.82 Å². The minimum Gasteiger partial charge on any atom is -0.507 e. The first-order valence-electron chi connectivity index (χ1n) is 13.6. The molecule has 6 rings (SSSR count). The average Bonchev–Trinajstić information content (AvgIpc) is 2.92. The van der Waals surface area contributed by atoms with Crippen LogP contribution in [0.3, 0.4) is 0 Å². The van der Waals surface area contributed by atoms with Gasteiger partial charge in [0, 0.05) is 37.8 Å². The third-order valence-electron chi connectivity index (χ3n) is 8.67. The van der Waals surface area contributed by atoms with E-state index in [9.17, 15) is 5.11 Å². The molecule has 0 bridgehead atoms. The van der Waals surface area contributed by atoms with Gasteiger partial charge in [0.25, 0.3) is 0 Å². The van der Waals surface area contributed by atoms with E-state index in [2.05, 4.69) is 41.6 Å². The number of phenolic OH excluding ortho intramolecular Hbond substituents is 1. The van der Waals surface area contributed by atoms with E-state index in [1.165, 1.54) is 64.8 Å². The molecule has 188 valence electrons. The number of piperazine rings is 1. The highest BCUT2D eigenvalue weighted by Crippen LogP contribution is 2.36. The van der Waals surface area contributed by atoms with Crippen molar-refractivity contribution in [2.45, 2.75) is 44.2 Å². The standard InChI is InChI=1S/C27H39N7O/c35-26-4-2-1-3-23(26)24-17-25-27(31-30-24)29-18-22-19-33(15-16-34(22)25)21-8-13-32(14-9-21)12-7-20-5-10-28-11-6-20/h1-4,17,20-22,28,35H,5-16,18-19H2,(H,29,31)/t22-/m0/s1. The third-order valence-corrected chi connectivity index (χ3v) is 8.67. The van der Waals surface area contributed by atoms with E-state index in [-0.39, 0.29) is 5.75 Å². The molecule has 1 atom stereocenters. The van der Waals surface area contributed by atoms with Crippen molar-refractivity contribution in [2.24, 2.45) is 5.92 Å². The molecule has 4 aliphatic heterocycles. The number of para-hydroxylation sites is 1. The maximum absolute atomic E-state index is 10.3. The molecule has 0 spiro atoms. The minimum absolute atomic E-state index is 0.244. The van der Waals surface area contributed by atoms with E-state index in [4.69, 9.17) is 0 Å². The Morgan fingerprint density at radius 2 is 1.77 bits per heavy atom. The molecule has 1 aromatic carbocycles. The van der Waals surface area contributed by atoms with Crippen LogP contribution in [0, 0.1) is 5.92 Å². The molecule has 3 N–H and O–H groups in total. The van der Waals surface area contributed by atoms with Gasteiger partial charge in [0.2, 0.25) is 0 Å². The summed E-state index contributed by atoms with van der Waals surface area (Å²) in [7, 11) is 0. The van der Waals surface area contributed by atoms with E-state index < -0.39 is 0 Å². The second kappa shape index (κ2) is 10.3. The van der Waals surface area contributed by atoms with E-state index >= 15 is 0 Å². The second-order valence-corrected chi connectivity index (χ2v) is 10.8. The number of anilines is 2. The van der Waals surface area contributed by atoms with Crippen molar-refractivity contribution in [1.29, 1.82) is 0 Å². The Morgan fingerprint density at radius 1 is 0.943 bits per heavy atom. The lowest BCUT2D eigenvalue weighted by Crippen LogP contribution is -2.61. The Bertz CT molecular complexity index is 1000. The number of rotatable bonds is 5. The highest BCUT2D eigenvalue weighted by Gasteiger charge is 2.36. The van der Waals surface area contributed by atoms with Gasteiger partial charge in [0.1, 0.15) is 5.75 Å². The Labute approximate surface area is 208 Å². The van der Waals surface area contributed by atoms with Crippen molar-refractivity contribution in [3.8, 4) is 17.0 Å². The number of nitrogens with zero attached hydrogens (tertiary/aromatic N) is 5. The molecule has 0 amide bonds. The summed E-state index contributed by atoms with van der Waals surface area (Å²) in [5, 5.41) is 26.1. The molecular weight excluding hydrogens is 438 g/mol. The quantitative estimate of drug-likeness (QED) is 0.607. The summed E-state index contributed by atoms with van der Waals surface area (Å²) in [5.74, 6) is 2.03. The molecule has 35 heavy (non-hydrogen) atoms. The summed E-state index contributed by atoms with van der Waals surface area (Å²) in [4.78, 5) is 7.97. The first kappa shape index (κ1) is 23.0. The number of phenols is 1. The smallest absolute Gasteiger partial charge is 0.172 e. The predicted molar refractivity (Wildman–Crippen MR) is 140 cm³/mol. The molecule has 8 heteroatoms. The van der Waals surface area contributed by atoms with Gasteiger partial charge < -0.3 is 25.5 Å². The van der Waals surface area contributed by atoms with Gasteiger partial charge in [-0.05, 0) is 88.9 Å². The zero-order valence-corrected chi connectivity index (χ0v) is 20.7. The number of fused-ring (bicyclic) bond motifs is 3. The number of nitrogens with one attached hydrogen (secondary N) is 2. The van der Waals surface area contributed by atoms with Crippen molar-refractivity contribution in [1.82, 2.24) is 25.3 Å². The molecular formula is C27H39N7O. The first-order valence-corrected chi connectivity index (χ1v) is 13.6. The van der Waals surface area contributed by atoms with Gasteiger partial charge in [0.05, 0.1) is 17.4 Å². The lowest BCUT2D eigenvalue weighted by atomic mass is 9.93. The van der Waals surface area contributed by atoms with Crippen LogP contribution < -0.4 is 15.5 Å². The number of aromatic nitrogens is 2. The van der Waals surface area contributed by atoms with Gasteiger partial charge >= 0.3 is 0 Å². The molecule has 3 fully saturated rings. The fourth-order valence-electron chi connectivity index (χ4n) is 6.51. The van der Waals surface area contributed by atoms with Gasteiger partial charge in [-0.1, -0.05) is 12.1 Å². The number of benzene rings is 1. The zero-order valence-electron chi connectivity index (χ0n) is 20.7. The van der Waals surface area contributed by atoms with Crippen LogP contribution in [0.1, 0.15) is 32.1 Å². The highest BCUT2D eigenvalue weighted by molar-refractivity contribution is 5.76. The van der Waals surface area contributed by atoms with Crippen LogP contribution in [0.4, 0.5) is 11.5 Å². The Kier molecular flexibility index (Phi) is 6.76. The lowest BCUT2D eigenvalue weighted by molar-refractivity contribution is 0.0889. The summed E-state index contributed by atoms with van der Waals surface area (Å²) in [6, 6.07) is 10.6. The number of aromatic hydroxyl groups is 1. The van der Waals surface area contributed by atoms with Crippen molar-refractivity contribution < 1.29 is 5.11 Å². The molecule has 8 nitrogen and oxygen atoms in total. The summed E-state index contributed by atoms with van der Waals surface area (Å²) in [6.45, 7) is 10.3. The molecule has 5 heterocycles. The van der Waals surface area contributed by atoms with Crippen LogP contribution in [-0.2, 0) is 0 Å².